The lowest BCUT2D eigenvalue weighted by atomic mass is 10.0. The molecule has 2 aromatic carbocycles. The summed E-state index contributed by atoms with van der Waals surface area (Å²) in [6.45, 7) is 0. The number of thiol groups is 1. The van der Waals surface area contributed by atoms with E-state index in [4.69, 9.17) is 11.5 Å². The summed E-state index contributed by atoms with van der Waals surface area (Å²) in [6.07, 6.45) is 0. The molecule has 0 aliphatic rings. The Hall–Kier alpha value is -2.21. The highest BCUT2D eigenvalue weighted by Crippen LogP contribution is 2.35. The summed E-state index contributed by atoms with van der Waals surface area (Å²) in [6, 6.07) is 9.80. The van der Waals surface area contributed by atoms with E-state index >= 15 is 0 Å². The normalized spacial score (nSPS) is 10.3. The molecule has 0 amide bonds. The zero-order valence-corrected chi connectivity index (χ0v) is 10.2. The van der Waals surface area contributed by atoms with Gasteiger partial charge in [0.2, 0.25) is 0 Å². The van der Waals surface area contributed by atoms with E-state index in [2.05, 4.69) is 12.6 Å². The molecule has 18 heavy (non-hydrogen) atoms. The third-order valence-electron chi connectivity index (χ3n) is 2.59. The Morgan fingerprint density at radius 3 is 2.22 bits per heavy atom. The maximum absolute atomic E-state index is 10.7. The van der Waals surface area contributed by atoms with Crippen molar-refractivity contribution >= 4 is 29.7 Å². The van der Waals surface area contributed by atoms with Crippen LogP contribution < -0.4 is 11.5 Å². The molecule has 0 spiro atoms. The fraction of sp³-hybridized carbons (Fsp3) is 0. The first-order valence-electron chi connectivity index (χ1n) is 5.12. The van der Waals surface area contributed by atoms with Crippen molar-refractivity contribution in [3.05, 3.63) is 46.5 Å². The molecule has 0 unspecified atom stereocenters. The maximum atomic E-state index is 10.7. The molecule has 5 nitrogen and oxygen atoms in total. The van der Waals surface area contributed by atoms with Crippen LogP contribution in [0.2, 0.25) is 0 Å². The van der Waals surface area contributed by atoms with E-state index < -0.39 is 4.92 Å². The summed E-state index contributed by atoms with van der Waals surface area (Å²) in [5.74, 6) is 0. The maximum Gasteiger partial charge on any atom is 0.282 e. The Morgan fingerprint density at radius 2 is 1.72 bits per heavy atom. The van der Waals surface area contributed by atoms with Crippen LogP contribution in [0.3, 0.4) is 0 Å². The van der Waals surface area contributed by atoms with Gasteiger partial charge in [-0.15, -0.1) is 12.6 Å². The van der Waals surface area contributed by atoms with Crippen LogP contribution in [0.1, 0.15) is 0 Å². The summed E-state index contributed by atoms with van der Waals surface area (Å²) < 4.78 is 0. The molecule has 0 saturated carbocycles. The van der Waals surface area contributed by atoms with E-state index in [0.717, 1.165) is 0 Å². The molecule has 0 bridgehead atoms. The Balaban J connectivity index is 2.59. The molecule has 92 valence electrons. The molecule has 0 heterocycles. The second-order valence-electron chi connectivity index (χ2n) is 3.77. The monoisotopic (exact) mass is 261 g/mol. The van der Waals surface area contributed by atoms with Gasteiger partial charge in [-0.05, 0) is 29.8 Å². The van der Waals surface area contributed by atoms with E-state index in [1.807, 2.05) is 0 Å². The molecule has 0 atom stereocenters. The number of nitrogens with zero attached hydrogens (tertiary/aromatic N) is 1. The first-order valence-corrected chi connectivity index (χ1v) is 5.57. The van der Waals surface area contributed by atoms with Gasteiger partial charge in [0, 0.05) is 23.0 Å². The molecular weight excluding hydrogens is 250 g/mol. The molecule has 0 aliphatic heterocycles. The number of nitrogens with two attached hydrogens (primary N) is 2. The van der Waals surface area contributed by atoms with Gasteiger partial charge in [0.1, 0.15) is 0 Å². The summed E-state index contributed by atoms with van der Waals surface area (Å²) in [7, 11) is 0. The Morgan fingerprint density at radius 1 is 1.11 bits per heavy atom. The van der Waals surface area contributed by atoms with Gasteiger partial charge in [-0.25, -0.2) is 0 Å². The van der Waals surface area contributed by atoms with Gasteiger partial charge < -0.3 is 11.5 Å². The highest BCUT2D eigenvalue weighted by molar-refractivity contribution is 7.80. The molecule has 0 aromatic heterocycles. The highest BCUT2D eigenvalue weighted by Gasteiger charge is 2.14. The van der Waals surface area contributed by atoms with Gasteiger partial charge in [0.15, 0.2) is 0 Å². The number of hydrogen-bond acceptors (Lipinski definition) is 5. The topological polar surface area (TPSA) is 95.2 Å². The minimum Gasteiger partial charge on any atom is -0.398 e. The number of benzene rings is 2. The van der Waals surface area contributed by atoms with Gasteiger partial charge in [0.05, 0.1) is 9.82 Å². The molecule has 0 saturated heterocycles. The third kappa shape index (κ3) is 2.10. The first kappa shape index (κ1) is 12.3. The van der Waals surface area contributed by atoms with Crippen molar-refractivity contribution in [2.45, 2.75) is 4.90 Å². The molecule has 4 N–H and O–H groups in total. The standard InChI is InChI=1S/C12H11N3O2S/c13-8-2-1-3-9(14)12(8)7-4-5-10(15(16)17)11(18)6-7/h1-6,18H,13-14H2. The Labute approximate surface area is 109 Å². The van der Waals surface area contributed by atoms with Gasteiger partial charge in [-0.2, -0.15) is 0 Å². The minimum atomic E-state index is -0.482. The Kier molecular flexibility index (Phi) is 3.12. The number of nitro groups is 1. The van der Waals surface area contributed by atoms with Gasteiger partial charge in [0.25, 0.3) is 5.69 Å². The summed E-state index contributed by atoms with van der Waals surface area (Å²) in [5, 5.41) is 10.7. The quantitative estimate of drug-likeness (QED) is 0.335. The van der Waals surface area contributed by atoms with E-state index in [1.54, 1.807) is 30.3 Å². The number of rotatable bonds is 2. The van der Waals surface area contributed by atoms with Crippen LogP contribution in [0, 0.1) is 10.1 Å². The van der Waals surface area contributed by atoms with Crippen molar-refractivity contribution in [3.8, 4) is 11.1 Å². The first-order chi connectivity index (χ1) is 8.50. The Bertz CT molecular complexity index is 608. The molecule has 2 rings (SSSR count). The third-order valence-corrected chi connectivity index (χ3v) is 2.95. The predicted octanol–water partition coefficient (Wildman–Crippen LogP) is 2.71. The average Bonchev–Trinajstić information content (AvgIpc) is 2.28. The zero-order chi connectivity index (χ0) is 13.3. The fourth-order valence-electron chi connectivity index (χ4n) is 1.76. The molecule has 2 aromatic rings. The van der Waals surface area contributed by atoms with Crippen molar-refractivity contribution in [2.75, 3.05) is 11.5 Å². The zero-order valence-electron chi connectivity index (χ0n) is 9.33. The van der Waals surface area contributed by atoms with E-state index in [1.165, 1.54) is 6.07 Å². The van der Waals surface area contributed by atoms with Crippen LogP contribution in [0.15, 0.2) is 41.3 Å². The van der Waals surface area contributed by atoms with Crippen LogP contribution in [0.5, 0.6) is 0 Å². The lowest BCUT2D eigenvalue weighted by Crippen LogP contribution is -1.96. The molecule has 0 radical (unpaired) electrons. The van der Waals surface area contributed by atoms with Crippen molar-refractivity contribution in [1.82, 2.24) is 0 Å². The lowest BCUT2D eigenvalue weighted by molar-refractivity contribution is -0.387. The molecule has 6 heteroatoms. The second-order valence-corrected chi connectivity index (χ2v) is 4.25. The van der Waals surface area contributed by atoms with Crippen LogP contribution in [0.25, 0.3) is 11.1 Å². The molecule has 0 fully saturated rings. The highest BCUT2D eigenvalue weighted by atomic mass is 32.1. The number of hydrogen-bond donors (Lipinski definition) is 3. The largest absolute Gasteiger partial charge is 0.398 e. The molecular formula is C12H11N3O2S. The minimum absolute atomic E-state index is 0.0462. The second kappa shape index (κ2) is 4.58. The van der Waals surface area contributed by atoms with Crippen LogP contribution in [-0.4, -0.2) is 4.92 Å². The van der Waals surface area contributed by atoms with Crippen LogP contribution in [-0.2, 0) is 0 Å². The number of nitrogen functional groups attached to an aromatic ring is 2. The SMILES string of the molecule is Nc1cccc(N)c1-c1ccc([N+](=O)[O-])c(S)c1. The number of nitro benzene ring substituents is 1. The lowest BCUT2D eigenvalue weighted by Gasteiger charge is -2.09. The summed E-state index contributed by atoms with van der Waals surface area (Å²) >= 11 is 4.10. The van der Waals surface area contributed by atoms with E-state index in [9.17, 15) is 10.1 Å². The fourth-order valence-corrected chi connectivity index (χ4v) is 2.05. The van der Waals surface area contributed by atoms with Crippen molar-refractivity contribution in [1.29, 1.82) is 0 Å². The van der Waals surface area contributed by atoms with Crippen molar-refractivity contribution in [2.24, 2.45) is 0 Å². The van der Waals surface area contributed by atoms with E-state index in [-0.39, 0.29) is 10.6 Å². The van der Waals surface area contributed by atoms with E-state index in [0.29, 0.717) is 22.5 Å². The van der Waals surface area contributed by atoms with Crippen molar-refractivity contribution < 1.29 is 4.92 Å². The van der Waals surface area contributed by atoms with Gasteiger partial charge in [-0.1, -0.05) is 6.07 Å². The van der Waals surface area contributed by atoms with Crippen molar-refractivity contribution in [3.63, 3.8) is 0 Å². The average molecular weight is 261 g/mol. The van der Waals surface area contributed by atoms with Gasteiger partial charge in [-0.3, -0.25) is 10.1 Å². The predicted molar refractivity (Wildman–Crippen MR) is 74.6 cm³/mol. The smallest absolute Gasteiger partial charge is 0.282 e. The molecule has 0 aliphatic carbocycles. The summed E-state index contributed by atoms with van der Waals surface area (Å²) in [5.41, 5.74) is 14.1. The van der Waals surface area contributed by atoms with Crippen LogP contribution in [0.4, 0.5) is 17.1 Å². The summed E-state index contributed by atoms with van der Waals surface area (Å²) in [4.78, 5) is 10.5. The van der Waals surface area contributed by atoms with Crippen LogP contribution >= 0.6 is 12.6 Å². The van der Waals surface area contributed by atoms with Gasteiger partial charge >= 0.3 is 0 Å². The number of anilines is 2.